The van der Waals surface area contributed by atoms with Crippen molar-refractivity contribution < 1.29 is 4.74 Å². The summed E-state index contributed by atoms with van der Waals surface area (Å²) in [5, 5.41) is 0. The standard InChI is InChI=1S/C18H27NO/c1-5-6-7-10-14(2)15-11-8-9-12-16(15)17-19-18(3,4)13-20-17/h8-9,11-12,14H,5-7,10,13H2,1-4H3. The van der Waals surface area contributed by atoms with Gasteiger partial charge in [0.15, 0.2) is 0 Å². The lowest BCUT2D eigenvalue weighted by Gasteiger charge is -2.16. The molecule has 0 aliphatic carbocycles. The molecule has 1 aliphatic heterocycles. The minimum Gasteiger partial charge on any atom is -0.475 e. The fraction of sp³-hybridized carbons (Fsp3) is 0.611. The smallest absolute Gasteiger partial charge is 0.217 e. The van der Waals surface area contributed by atoms with E-state index in [2.05, 4.69) is 52.0 Å². The van der Waals surface area contributed by atoms with Gasteiger partial charge in [-0.2, -0.15) is 0 Å². The van der Waals surface area contributed by atoms with Crippen molar-refractivity contribution in [3.8, 4) is 0 Å². The molecule has 0 bridgehead atoms. The average Bonchev–Trinajstić information content (AvgIpc) is 2.79. The van der Waals surface area contributed by atoms with E-state index in [0.29, 0.717) is 12.5 Å². The van der Waals surface area contributed by atoms with Crippen molar-refractivity contribution in [1.82, 2.24) is 0 Å². The Bertz CT molecular complexity index is 476. The van der Waals surface area contributed by atoms with Gasteiger partial charge >= 0.3 is 0 Å². The molecule has 1 heterocycles. The molecule has 0 saturated carbocycles. The van der Waals surface area contributed by atoms with Crippen molar-refractivity contribution in [1.29, 1.82) is 0 Å². The molecule has 110 valence electrons. The van der Waals surface area contributed by atoms with Crippen LogP contribution in [0.25, 0.3) is 0 Å². The summed E-state index contributed by atoms with van der Waals surface area (Å²) in [6, 6.07) is 8.57. The fourth-order valence-electron chi connectivity index (χ4n) is 2.70. The van der Waals surface area contributed by atoms with Gasteiger partial charge in [0.25, 0.3) is 0 Å². The summed E-state index contributed by atoms with van der Waals surface area (Å²) >= 11 is 0. The van der Waals surface area contributed by atoms with Crippen molar-refractivity contribution in [2.24, 2.45) is 4.99 Å². The van der Waals surface area contributed by atoms with Gasteiger partial charge in [0.1, 0.15) is 6.61 Å². The molecule has 0 radical (unpaired) electrons. The molecule has 0 spiro atoms. The third-order valence-corrected chi connectivity index (χ3v) is 3.93. The van der Waals surface area contributed by atoms with Crippen LogP contribution in [0.1, 0.15) is 70.4 Å². The third-order valence-electron chi connectivity index (χ3n) is 3.93. The molecule has 1 unspecified atom stereocenters. The number of nitrogens with zero attached hydrogens (tertiary/aromatic N) is 1. The topological polar surface area (TPSA) is 21.6 Å². The molecule has 1 aliphatic rings. The van der Waals surface area contributed by atoms with Crippen LogP contribution in [0.5, 0.6) is 0 Å². The molecule has 2 heteroatoms. The van der Waals surface area contributed by atoms with E-state index in [4.69, 9.17) is 9.73 Å². The highest BCUT2D eigenvalue weighted by Gasteiger charge is 2.28. The Morgan fingerprint density at radius 2 is 2.00 bits per heavy atom. The largest absolute Gasteiger partial charge is 0.475 e. The quantitative estimate of drug-likeness (QED) is 0.674. The number of unbranched alkanes of at least 4 members (excludes halogenated alkanes) is 2. The van der Waals surface area contributed by atoms with Crippen LogP contribution in [-0.4, -0.2) is 18.0 Å². The van der Waals surface area contributed by atoms with Crippen LogP contribution >= 0.6 is 0 Å². The first-order valence-electron chi connectivity index (χ1n) is 7.85. The summed E-state index contributed by atoms with van der Waals surface area (Å²) in [5.74, 6) is 1.39. The predicted molar refractivity (Wildman–Crippen MR) is 85.6 cm³/mol. The molecule has 0 fully saturated rings. The Kier molecular flexibility index (Phi) is 4.85. The highest BCUT2D eigenvalue weighted by molar-refractivity contribution is 5.97. The number of ether oxygens (including phenoxy) is 1. The van der Waals surface area contributed by atoms with Crippen molar-refractivity contribution in [3.63, 3.8) is 0 Å². The van der Waals surface area contributed by atoms with Crippen molar-refractivity contribution in [3.05, 3.63) is 35.4 Å². The van der Waals surface area contributed by atoms with Gasteiger partial charge in [-0.3, -0.25) is 0 Å². The van der Waals surface area contributed by atoms with E-state index in [0.717, 1.165) is 5.90 Å². The number of benzene rings is 1. The van der Waals surface area contributed by atoms with Crippen molar-refractivity contribution >= 4 is 5.90 Å². The first kappa shape index (κ1) is 15.1. The Balaban J connectivity index is 2.18. The molecule has 20 heavy (non-hydrogen) atoms. The second-order valence-corrected chi connectivity index (χ2v) is 6.50. The summed E-state index contributed by atoms with van der Waals surface area (Å²) < 4.78 is 5.82. The predicted octanol–water partition coefficient (Wildman–Crippen LogP) is 4.93. The maximum absolute atomic E-state index is 5.82. The zero-order valence-electron chi connectivity index (χ0n) is 13.3. The normalized spacial score (nSPS) is 18.5. The molecule has 0 amide bonds. The van der Waals surface area contributed by atoms with Crippen LogP contribution in [0.15, 0.2) is 29.3 Å². The molecule has 0 saturated heterocycles. The molecule has 2 nitrogen and oxygen atoms in total. The van der Waals surface area contributed by atoms with E-state index in [-0.39, 0.29) is 5.54 Å². The Labute approximate surface area is 123 Å². The first-order chi connectivity index (χ1) is 9.53. The van der Waals surface area contributed by atoms with Gasteiger partial charge in [0.2, 0.25) is 5.90 Å². The van der Waals surface area contributed by atoms with Gasteiger partial charge in [-0.15, -0.1) is 0 Å². The summed E-state index contributed by atoms with van der Waals surface area (Å²) in [5.41, 5.74) is 2.47. The number of rotatable bonds is 6. The Morgan fingerprint density at radius 3 is 2.65 bits per heavy atom. The van der Waals surface area contributed by atoms with Crippen molar-refractivity contribution in [2.45, 2.75) is 64.8 Å². The molecule has 1 aromatic rings. The highest BCUT2D eigenvalue weighted by atomic mass is 16.5. The minimum atomic E-state index is -0.0894. The molecular weight excluding hydrogens is 246 g/mol. The summed E-state index contributed by atoms with van der Waals surface area (Å²) in [4.78, 5) is 4.72. The lowest BCUT2D eigenvalue weighted by Crippen LogP contribution is -2.17. The third kappa shape index (κ3) is 3.62. The van der Waals surface area contributed by atoms with Gasteiger partial charge in [-0.1, -0.05) is 51.3 Å². The number of aliphatic imine (C=N–C) groups is 1. The molecule has 2 rings (SSSR count). The van der Waals surface area contributed by atoms with Crippen LogP contribution in [-0.2, 0) is 4.74 Å². The van der Waals surface area contributed by atoms with E-state index in [9.17, 15) is 0 Å². The van der Waals surface area contributed by atoms with Crippen LogP contribution in [0.3, 0.4) is 0 Å². The van der Waals surface area contributed by atoms with Crippen LogP contribution in [0.2, 0.25) is 0 Å². The minimum absolute atomic E-state index is 0.0894. The van der Waals surface area contributed by atoms with Gasteiger partial charge in [-0.05, 0) is 37.8 Å². The van der Waals surface area contributed by atoms with Crippen LogP contribution in [0, 0.1) is 0 Å². The average molecular weight is 273 g/mol. The fourth-order valence-corrected chi connectivity index (χ4v) is 2.70. The second-order valence-electron chi connectivity index (χ2n) is 6.50. The van der Waals surface area contributed by atoms with E-state index in [1.54, 1.807) is 0 Å². The monoisotopic (exact) mass is 273 g/mol. The van der Waals surface area contributed by atoms with Gasteiger partial charge in [0, 0.05) is 5.56 Å². The lowest BCUT2D eigenvalue weighted by molar-refractivity contribution is 0.279. The number of hydrogen-bond donors (Lipinski definition) is 0. The molecule has 1 aromatic carbocycles. The summed E-state index contributed by atoms with van der Waals surface area (Å²) in [6.45, 7) is 9.48. The van der Waals surface area contributed by atoms with E-state index in [1.165, 1.54) is 36.8 Å². The van der Waals surface area contributed by atoms with Crippen molar-refractivity contribution in [2.75, 3.05) is 6.61 Å². The highest BCUT2D eigenvalue weighted by Crippen LogP contribution is 2.29. The second kappa shape index (κ2) is 6.43. The van der Waals surface area contributed by atoms with E-state index >= 15 is 0 Å². The van der Waals surface area contributed by atoms with E-state index in [1.807, 2.05) is 0 Å². The Hall–Kier alpha value is -1.31. The SMILES string of the molecule is CCCCCC(C)c1ccccc1C1=NC(C)(C)CO1. The maximum atomic E-state index is 5.82. The first-order valence-corrected chi connectivity index (χ1v) is 7.85. The number of hydrogen-bond acceptors (Lipinski definition) is 2. The van der Waals surface area contributed by atoms with E-state index < -0.39 is 0 Å². The molecule has 1 atom stereocenters. The Morgan fingerprint density at radius 1 is 1.25 bits per heavy atom. The molecule has 0 N–H and O–H groups in total. The maximum Gasteiger partial charge on any atom is 0.217 e. The van der Waals surface area contributed by atoms with Gasteiger partial charge < -0.3 is 4.74 Å². The zero-order valence-corrected chi connectivity index (χ0v) is 13.3. The van der Waals surface area contributed by atoms with Gasteiger partial charge in [-0.25, -0.2) is 4.99 Å². The summed E-state index contributed by atoms with van der Waals surface area (Å²) in [7, 11) is 0. The van der Waals surface area contributed by atoms with Crippen LogP contribution in [0.4, 0.5) is 0 Å². The van der Waals surface area contributed by atoms with Gasteiger partial charge in [0.05, 0.1) is 5.54 Å². The van der Waals surface area contributed by atoms with Crippen LogP contribution < -0.4 is 0 Å². The zero-order chi connectivity index (χ0) is 14.6. The molecule has 0 aromatic heterocycles. The summed E-state index contributed by atoms with van der Waals surface area (Å²) in [6.07, 6.45) is 5.13. The lowest BCUT2D eigenvalue weighted by atomic mass is 9.91. The molecular formula is C18H27NO.